The van der Waals surface area contributed by atoms with Gasteiger partial charge < -0.3 is 15.0 Å². The lowest BCUT2D eigenvalue weighted by Crippen LogP contribution is -2.40. The molecule has 1 atom stereocenters. The van der Waals surface area contributed by atoms with Crippen molar-refractivity contribution < 1.29 is 14.7 Å². The molecule has 0 aliphatic carbocycles. The third kappa shape index (κ3) is 2.49. The lowest BCUT2D eigenvalue weighted by molar-refractivity contribution is -0.141. The number of aromatic nitrogens is 2. The van der Waals surface area contributed by atoms with Crippen LogP contribution in [0.2, 0.25) is 0 Å². The second-order valence-electron chi connectivity index (χ2n) is 5.73. The molecular formula is C16H17N3O5. The highest BCUT2D eigenvalue weighted by atomic mass is 16.4. The Labute approximate surface area is 136 Å². The predicted molar refractivity (Wildman–Crippen MR) is 86.2 cm³/mol. The monoisotopic (exact) mass is 331 g/mol. The molecule has 2 heterocycles. The fraction of sp³-hybridized carbons (Fsp3) is 0.375. The van der Waals surface area contributed by atoms with Crippen LogP contribution in [0.15, 0.2) is 27.8 Å². The van der Waals surface area contributed by atoms with E-state index in [9.17, 15) is 24.3 Å². The first-order valence-corrected chi connectivity index (χ1v) is 7.74. The van der Waals surface area contributed by atoms with E-state index in [0.29, 0.717) is 24.8 Å². The van der Waals surface area contributed by atoms with Crippen molar-refractivity contribution in [1.82, 2.24) is 14.5 Å². The number of fused-ring (bicyclic) bond motifs is 1. The van der Waals surface area contributed by atoms with E-state index in [1.165, 1.54) is 23.1 Å². The summed E-state index contributed by atoms with van der Waals surface area (Å²) in [6, 6.07) is 3.57. The van der Waals surface area contributed by atoms with Crippen LogP contribution in [0.4, 0.5) is 0 Å². The van der Waals surface area contributed by atoms with E-state index >= 15 is 0 Å². The van der Waals surface area contributed by atoms with Gasteiger partial charge in [0.15, 0.2) is 0 Å². The van der Waals surface area contributed by atoms with Crippen LogP contribution in [0, 0.1) is 0 Å². The molecule has 1 aromatic carbocycles. The van der Waals surface area contributed by atoms with Gasteiger partial charge in [0.25, 0.3) is 11.5 Å². The molecule has 0 saturated carbocycles. The number of hydrogen-bond acceptors (Lipinski definition) is 4. The summed E-state index contributed by atoms with van der Waals surface area (Å²) >= 11 is 0. The molecule has 1 amide bonds. The number of amides is 1. The smallest absolute Gasteiger partial charge is 0.328 e. The van der Waals surface area contributed by atoms with Crippen LogP contribution in [0.3, 0.4) is 0 Å². The van der Waals surface area contributed by atoms with Crippen LogP contribution < -0.4 is 11.2 Å². The van der Waals surface area contributed by atoms with E-state index in [0.717, 1.165) is 4.57 Å². The van der Waals surface area contributed by atoms with E-state index < -0.39 is 29.2 Å². The number of carboxylic acid groups (broad SMARTS) is 1. The number of likely N-dealkylation sites (tertiary alicyclic amines) is 1. The maximum atomic E-state index is 12.6. The van der Waals surface area contributed by atoms with Gasteiger partial charge >= 0.3 is 11.7 Å². The van der Waals surface area contributed by atoms with Crippen molar-refractivity contribution in [1.29, 1.82) is 0 Å². The maximum absolute atomic E-state index is 12.6. The van der Waals surface area contributed by atoms with Crippen molar-refractivity contribution in [3.63, 3.8) is 0 Å². The van der Waals surface area contributed by atoms with Crippen molar-refractivity contribution in [3.05, 3.63) is 44.6 Å². The fourth-order valence-corrected chi connectivity index (χ4v) is 3.11. The number of H-pyrrole nitrogens is 1. The van der Waals surface area contributed by atoms with Gasteiger partial charge in [-0.2, -0.15) is 0 Å². The van der Waals surface area contributed by atoms with Gasteiger partial charge in [-0.3, -0.25) is 14.2 Å². The molecule has 8 nitrogen and oxygen atoms in total. The van der Waals surface area contributed by atoms with Crippen LogP contribution in [-0.2, 0) is 11.3 Å². The Morgan fingerprint density at radius 3 is 2.75 bits per heavy atom. The van der Waals surface area contributed by atoms with Crippen molar-refractivity contribution in [2.24, 2.45) is 0 Å². The average Bonchev–Trinajstić information content (AvgIpc) is 3.03. The molecule has 0 unspecified atom stereocenters. The van der Waals surface area contributed by atoms with Gasteiger partial charge in [-0.15, -0.1) is 0 Å². The highest BCUT2D eigenvalue weighted by molar-refractivity contribution is 5.99. The zero-order valence-corrected chi connectivity index (χ0v) is 13.1. The molecule has 1 saturated heterocycles. The molecule has 3 rings (SSSR count). The molecule has 2 aromatic rings. The summed E-state index contributed by atoms with van der Waals surface area (Å²) < 4.78 is 1.07. The average molecular weight is 331 g/mol. The van der Waals surface area contributed by atoms with Crippen LogP contribution in [-0.4, -0.2) is 44.0 Å². The van der Waals surface area contributed by atoms with E-state index in [2.05, 4.69) is 4.98 Å². The van der Waals surface area contributed by atoms with Gasteiger partial charge in [0.1, 0.15) is 6.04 Å². The van der Waals surface area contributed by atoms with Crippen molar-refractivity contribution in [2.45, 2.75) is 32.4 Å². The van der Waals surface area contributed by atoms with E-state index in [-0.39, 0.29) is 17.6 Å². The first-order chi connectivity index (χ1) is 11.4. The Balaban J connectivity index is 2.05. The highest BCUT2D eigenvalue weighted by Gasteiger charge is 2.34. The summed E-state index contributed by atoms with van der Waals surface area (Å²) in [7, 11) is 0. The summed E-state index contributed by atoms with van der Waals surface area (Å²) in [5.74, 6) is -1.44. The largest absolute Gasteiger partial charge is 0.480 e. The zero-order valence-electron chi connectivity index (χ0n) is 13.1. The fourth-order valence-electron chi connectivity index (χ4n) is 3.11. The number of aliphatic carboxylic acids is 1. The van der Waals surface area contributed by atoms with E-state index in [1.807, 2.05) is 0 Å². The highest BCUT2D eigenvalue weighted by Crippen LogP contribution is 2.21. The second kappa shape index (κ2) is 5.95. The Morgan fingerprint density at radius 2 is 2.08 bits per heavy atom. The van der Waals surface area contributed by atoms with Gasteiger partial charge in [0.05, 0.1) is 10.9 Å². The molecule has 8 heteroatoms. The summed E-state index contributed by atoms with van der Waals surface area (Å²) in [5, 5.41) is 9.51. The van der Waals surface area contributed by atoms with Gasteiger partial charge in [0.2, 0.25) is 0 Å². The number of hydrogen-bond donors (Lipinski definition) is 2. The molecule has 1 aromatic heterocycles. The van der Waals surface area contributed by atoms with Gasteiger partial charge in [-0.1, -0.05) is 0 Å². The number of rotatable bonds is 3. The Bertz CT molecular complexity index is 943. The summed E-state index contributed by atoms with van der Waals surface area (Å²) in [5.41, 5.74) is -0.435. The number of benzene rings is 1. The van der Waals surface area contributed by atoms with Gasteiger partial charge in [0, 0.05) is 18.7 Å². The Morgan fingerprint density at radius 1 is 1.33 bits per heavy atom. The summed E-state index contributed by atoms with van der Waals surface area (Å²) in [4.78, 5) is 51.9. The molecule has 1 aliphatic heterocycles. The number of nitrogens with one attached hydrogen (secondary N) is 1. The summed E-state index contributed by atoms with van der Waals surface area (Å²) in [6.07, 6.45) is 1.06. The van der Waals surface area contributed by atoms with Gasteiger partial charge in [-0.25, -0.2) is 9.59 Å². The minimum absolute atomic E-state index is 0.249. The maximum Gasteiger partial charge on any atom is 0.328 e. The first kappa shape index (κ1) is 16.0. The number of carbonyl (C=O) groups is 2. The minimum Gasteiger partial charge on any atom is -0.480 e. The van der Waals surface area contributed by atoms with Crippen LogP contribution >= 0.6 is 0 Å². The lowest BCUT2D eigenvalue weighted by atomic mass is 10.1. The zero-order chi connectivity index (χ0) is 17.4. The van der Waals surface area contributed by atoms with Crippen molar-refractivity contribution in [2.75, 3.05) is 6.54 Å². The van der Waals surface area contributed by atoms with Gasteiger partial charge in [-0.05, 0) is 38.0 Å². The molecular weight excluding hydrogens is 314 g/mol. The first-order valence-electron chi connectivity index (χ1n) is 7.74. The molecule has 1 aliphatic rings. The quantitative estimate of drug-likeness (QED) is 0.845. The standard InChI is InChI=1S/C16H17N3O5/c1-2-18-14(21)10-6-5-9(8-11(10)17-16(18)24)13(20)19-7-3-4-12(19)15(22)23/h5-6,8,12H,2-4,7H2,1H3,(H,17,24)(H,22,23)/t12-/m1/s1. The number of nitrogens with zero attached hydrogens (tertiary/aromatic N) is 2. The molecule has 2 N–H and O–H groups in total. The Kier molecular flexibility index (Phi) is 3.96. The topological polar surface area (TPSA) is 112 Å². The lowest BCUT2D eigenvalue weighted by Gasteiger charge is -2.21. The van der Waals surface area contributed by atoms with Crippen molar-refractivity contribution >= 4 is 22.8 Å². The van der Waals surface area contributed by atoms with Crippen molar-refractivity contribution in [3.8, 4) is 0 Å². The van der Waals surface area contributed by atoms with E-state index in [1.54, 1.807) is 6.92 Å². The predicted octanol–water partition coefficient (Wildman–Crippen LogP) is 0.399. The third-order valence-electron chi connectivity index (χ3n) is 4.34. The molecule has 1 fully saturated rings. The van der Waals surface area contributed by atoms with Crippen LogP contribution in [0.5, 0.6) is 0 Å². The number of aromatic amines is 1. The molecule has 0 spiro atoms. The minimum atomic E-state index is -1.03. The normalized spacial score (nSPS) is 17.4. The third-order valence-corrected chi connectivity index (χ3v) is 4.34. The molecule has 24 heavy (non-hydrogen) atoms. The molecule has 0 radical (unpaired) electrons. The number of carboxylic acids is 1. The Hall–Kier alpha value is -2.90. The van der Waals surface area contributed by atoms with Crippen LogP contribution in [0.25, 0.3) is 10.9 Å². The van der Waals surface area contributed by atoms with E-state index in [4.69, 9.17) is 0 Å². The summed E-state index contributed by atoms with van der Waals surface area (Å²) in [6.45, 7) is 2.32. The second-order valence-corrected chi connectivity index (χ2v) is 5.73. The SMILES string of the molecule is CCn1c(=O)[nH]c2cc(C(=O)N3CCC[C@@H]3C(=O)O)ccc2c1=O. The molecule has 0 bridgehead atoms. The number of carbonyl (C=O) groups excluding carboxylic acids is 1. The molecule has 126 valence electrons. The van der Waals surface area contributed by atoms with Crippen LogP contribution in [0.1, 0.15) is 30.1 Å².